The molecule has 0 saturated heterocycles. The Morgan fingerprint density at radius 1 is 1.21 bits per heavy atom. The van der Waals surface area contributed by atoms with Gasteiger partial charge in [0.05, 0.1) is 22.7 Å². The molecule has 0 N–H and O–H groups in total. The molecular weight excluding hydrogens is 379 g/mol. The first-order valence-electron chi connectivity index (χ1n) is 8.04. The molecule has 0 amide bonds. The quantitative estimate of drug-likeness (QED) is 0.434. The van der Waals surface area contributed by atoms with Crippen molar-refractivity contribution in [1.29, 1.82) is 0 Å². The lowest BCUT2D eigenvalue weighted by molar-refractivity contribution is -0.385. The lowest BCUT2D eigenvalue weighted by Crippen LogP contribution is -2.39. The van der Waals surface area contributed by atoms with Gasteiger partial charge in [-0.3, -0.25) is 14.9 Å². The summed E-state index contributed by atoms with van der Waals surface area (Å²) in [6, 6.07) is 8.87. The molecule has 0 bridgehead atoms. The second-order valence-electron chi connectivity index (χ2n) is 6.10. The first-order chi connectivity index (χ1) is 13.2. The maximum absolute atomic E-state index is 12.9. The number of hydrogen-bond donors (Lipinski definition) is 0. The molecule has 0 fully saturated rings. The molecular formula is C17H14F3N5O3. The third kappa shape index (κ3) is 3.77. The topological polar surface area (TPSA) is 91.4 Å². The molecule has 146 valence electrons. The summed E-state index contributed by atoms with van der Waals surface area (Å²) in [6.07, 6.45) is -5.06. The molecule has 1 aliphatic heterocycles. The number of rotatable bonds is 5. The van der Waals surface area contributed by atoms with Gasteiger partial charge in [-0.05, 0) is 42.0 Å². The summed E-state index contributed by atoms with van der Waals surface area (Å²) < 4.78 is 38.8. The van der Waals surface area contributed by atoms with Crippen LogP contribution in [0.15, 0.2) is 52.9 Å². The van der Waals surface area contributed by atoms with Gasteiger partial charge >= 0.3 is 6.18 Å². The van der Waals surface area contributed by atoms with Crippen molar-refractivity contribution in [3.05, 3.63) is 69.3 Å². The highest BCUT2D eigenvalue weighted by atomic mass is 19.4. The number of hydrogen-bond acceptors (Lipinski definition) is 7. The van der Waals surface area contributed by atoms with Gasteiger partial charge in [0.15, 0.2) is 12.5 Å². The van der Waals surface area contributed by atoms with Crippen LogP contribution in [0.25, 0.3) is 0 Å². The van der Waals surface area contributed by atoms with Crippen LogP contribution in [-0.2, 0) is 17.5 Å². The van der Waals surface area contributed by atoms with Gasteiger partial charge in [-0.15, -0.1) is 0 Å². The molecule has 1 heterocycles. The van der Waals surface area contributed by atoms with Gasteiger partial charge < -0.3 is 0 Å². The number of benzene rings is 2. The molecule has 1 unspecified atom stereocenters. The summed E-state index contributed by atoms with van der Waals surface area (Å²) >= 11 is 0. The van der Waals surface area contributed by atoms with E-state index in [2.05, 4.69) is 10.4 Å². The van der Waals surface area contributed by atoms with Gasteiger partial charge in [-0.2, -0.15) is 13.2 Å². The number of alkyl halides is 3. The van der Waals surface area contributed by atoms with E-state index in [-0.39, 0.29) is 17.9 Å². The number of carbonyl (C=O) groups excluding carboxylic acids is 1. The second kappa shape index (κ2) is 7.25. The van der Waals surface area contributed by atoms with Crippen LogP contribution in [0.2, 0.25) is 0 Å². The van der Waals surface area contributed by atoms with Crippen molar-refractivity contribution in [1.82, 2.24) is 5.01 Å². The molecule has 11 heteroatoms. The smallest absolute Gasteiger partial charge is 0.299 e. The van der Waals surface area contributed by atoms with Crippen LogP contribution < -0.4 is 5.01 Å². The zero-order valence-corrected chi connectivity index (χ0v) is 14.5. The van der Waals surface area contributed by atoms with Gasteiger partial charge in [-0.25, -0.2) is 10.0 Å². The fraction of sp³-hybridized carbons (Fsp3) is 0.235. The summed E-state index contributed by atoms with van der Waals surface area (Å²) in [5, 5.41) is 20.9. The minimum atomic E-state index is -4.53. The molecule has 2 aromatic carbocycles. The average Bonchev–Trinajstić information content (AvgIpc) is 3.03. The standard InChI is InChI=1S/C17H14F3N5O3/c1-11-7-12(5-6-15(11)25(27)28)9-23-16(10-26)24(22-21-23)14-4-2-3-13(8-14)17(18,19)20/h2-8,10,16H,9H2,1H3. The predicted molar refractivity (Wildman–Crippen MR) is 92.0 cm³/mol. The van der Waals surface area contributed by atoms with Crippen LogP contribution in [0.1, 0.15) is 16.7 Å². The number of aryl methyl sites for hydroxylation is 1. The molecule has 0 aliphatic carbocycles. The van der Waals surface area contributed by atoms with E-state index in [0.29, 0.717) is 17.4 Å². The summed E-state index contributed by atoms with van der Waals surface area (Å²) in [5.74, 6) is 0. The van der Waals surface area contributed by atoms with Crippen molar-refractivity contribution in [3.8, 4) is 0 Å². The molecule has 28 heavy (non-hydrogen) atoms. The first kappa shape index (κ1) is 19.3. The van der Waals surface area contributed by atoms with E-state index in [1.165, 1.54) is 29.3 Å². The number of aldehydes is 1. The van der Waals surface area contributed by atoms with Crippen LogP contribution in [0.3, 0.4) is 0 Å². The Balaban J connectivity index is 1.82. The third-order valence-electron chi connectivity index (χ3n) is 4.17. The van der Waals surface area contributed by atoms with E-state index < -0.39 is 22.8 Å². The Bertz CT molecular complexity index is 948. The molecule has 8 nitrogen and oxygen atoms in total. The maximum atomic E-state index is 12.9. The van der Waals surface area contributed by atoms with Crippen LogP contribution in [0.5, 0.6) is 0 Å². The Morgan fingerprint density at radius 2 is 1.96 bits per heavy atom. The lowest BCUT2D eigenvalue weighted by Gasteiger charge is -2.24. The van der Waals surface area contributed by atoms with Gasteiger partial charge in [0.1, 0.15) is 0 Å². The summed E-state index contributed by atoms with van der Waals surface area (Å²) in [5.41, 5.74) is 0.243. The van der Waals surface area contributed by atoms with Gasteiger partial charge in [0.25, 0.3) is 5.69 Å². The number of halogens is 3. The minimum absolute atomic E-state index is 0.0377. The minimum Gasteiger partial charge on any atom is -0.299 e. The highest BCUT2D eigenvalue weighted by molar-refractivity contribution is 5.66. The van der Waals surface area contributed by atoms with E-state index in [0.717, 1.165) is 17.1 Å². The summed E-state index contributed by atoms with van der Waals surface area (Å²) in [4.78, 5) is 22.0. The maximum Gasteiger partial charge on any atom is 0.416 e. The average molecular weight is 393 g/mol. The number of carbonyl (C=O) groups is 1. The molecule has 0 aromatic heterocycles. The second-order valence-corrected chi connectivity index (χ2v) is 6.10. The van der Waals surface area contributed by atoms with Crippen molar-refractivity contribution < 1.29 is 22.9 Å². The Kier molecular flexibility index (Phi) is 4.99. The number of nitro benzene ring substituents is 1. The Labute approximate surface area is 157 Å². The predicted octanol–water partition coefficient (Wildman–Crippen LogP) is 4.05. The van der Waals surface area contributed by atoms with Crippen LogP contribution >= 0.6 is 0 Å². The molecule has 2 aromatic rings. The molecule has 0 spiro atoms. The normalized spacial score (nSPS) is 16.5. The van der Waals surface area contributed by atoms with Crippen molar-refractivity contribution >= 4 is 17.7 Å². The molecule has 3 rings (SSSR count). The fourth-order valence-electron chi connectivity index (χ4n) is 2.82. The summed E-state index contributed by atoms with van der Waals surface area (Å²) in [6.45, 7) is 1.68. The first-order valence-corrected chi connectivity index (χ1v) is 8.04. The lowest BCUT2D eigenvalue weighted by atomic mass is 10.1. The monoisotopic (exact) mass is 393 g/mol. The molecule has 1 atom stereocenters. The van der Waals surface area contributed by atoms with Gasteiger partial charge in [0, 0.05) is 11.6 Å². The van der Waals surface area contributed by atoms with E-state index >= 15 is 0 Å². The van der Waals surface area contributed by atoms with Crippen molar-refractivity contribution in [3.63, 3.8) is 0 Å². The fourth-order valence-corrected chi connectivity index (χ4v) is 2.82. The van der Waals surface area contributed by atoms with Crippen LogP contribution in [0.4, 0.5) is 24.5 Å². The molecule has 1 aliphatic rings. The largest absolute Gasteiger partial charge is 0.416 e. The summed E-state index contributed by atoms with van der Waals surface area (Å²) in [7, 11) is 0. The molecule has 0 saturated carbocycles. The van der Waals surface area contributed by atoms with Gasteiger partial charge in [-0.1, -0.05) is 17.4 Å². The molecule has 0 radical (unpaired) electrons. The number of nitro groups is 1. The van der Waals surface area contributed by atoms with E-state index in [1.807, 2.05) is 0 Å². The highest BCUT2D eigenvalue weighted by Gasteiger charge is 2.34. The van der Waals surface area contributed by atoms with Crippen LogP contribution in [0, 0.1) is 17.0 Å². The zero-order chi connectivity index (χ0) is 20.5. The number of nitrogens with zero attached hydrogens (tertiary/aromatic N) is 5. The zero-order valence-electron chi connectivity index (χ0n) is 14.5. The van der Waals surface area contributed by atoms with E-state index in [1.54, 1.807) is 13.0 Å². The number of anilines is 1. The highest BCUT2D eigenvalue weighted by Crippen LogP contribution is 2.33. The Morgan fingerprint density at radius 3 is 2.57 bits per heavy atom. The van der Waals surface area contributed by atoms with Crippen molar-refractivity contribution in [2.45, 2.75) is 25.8 Å². The third-order valence-corrected chi connectivity index (χ3v) is 4.17. The Hall–Kier alpha value is -3.50. The van der Waals surface area contributed by atoms with Crippen molar-refractivity contribution in [2.24, 2.45) is 10.4 Å². The van der Waals surface area contributed by atoms with Crippen LogP contribution in [-0.4, -0.2) is 22.4 Å². The SMILES string of the molecule is Cc1cc(CN2N=NN(c3cccc(C(F)(F)F)c3)C2C=O)ccc1[N+](=O)[O-]. The van der Waals surface area contributed by atoms with E-state index in [9.17, 15) is 28.1 Å². The van der Waals surface area contributed by atoms with Gasteiger partial charge in [0.2, 0.25) is 0 Å². The van der Waals surface area contributed by atoms with Crippen molar-refractivity contribution in [2.75, 3.05) is 5.01 Å². The van der Waals surface area contributed by atoms with E-state index in [4.69, 9.17) is 0 Å².